The van der Waals surface area contributed by atoms with Gasteiger partial charge in [0.2, 0.25) is 5.91 Å². The smallest absolute Gasteiger partial charge is 0.325 e. The number of fused-ring (bicyclic) bond motifs is 1. The van der Waals surface area contributed by atoms with Gasteiger partial charge < -0.3 is 5.32 Å². The number of thioether (sulfide) groups is 1. The van der Waals surface area contributed by atoms with Crippen LogP contribution in [-0.4, -0.2) is 26.2 Å². The average Bonchev–Trinajstić information content (AvgIpc) is 3.61. The van der Waals surface area contributed by atoms with Crippen molar-refractivity contribution in [3.05, 3.63) is 113 Å². The fourth-order valence-electron chi connectivity index (χ4n) is 4.42. The first-order valence-corrected chi connectivity index (χ1v) is 15.2. The molecule has 2 heterocycles. The van der Waals surface area contributed by atoms with E-state index in [1.807, 2.05) is 43.3 Å². The first-order chi connectivity index (χ1) is 20.6. The molecule has 0 aliphatic heterocycles. The minimum Gasteiger partial charge on any atom is -0.325 e. The van der Waals surface area contributed by atoms with Gasteiger partial charge in [-0.3, -0.25) is 9.36 Å². The molecular formula is C32H22ClF3N4OS2. The Kier molecular flexibility index (Phi) is 8.00. The molecule has 6 rings (SSSR count). The maximum Gasteiger partial charge on any atom is 0.416 e. The molecule has 0 spiro atoms. The number of rotatable bonds is 7. The Hall–Kier alpha value is -4.12. The van der Waals surface area contributed by atoms with Crippen LogP contribution in [0.4, 0.5) is 18.9 Å². The van der Waals surface area contributed by atoms with Crippen LogP contribution in [-0.2, 0) is 11.0 Å². The van der Waals surface area contributed by atoms with E-state index in [1.54, 1.807) is 52.4 Å². The zero-order chi connectivity index (χ0) is 30.1. The maximum atomic E-state index is 13.4. The molecule has 4 aromatic carbocycles. The number of hydrogen-bond acceptors (Lipinski definition) is 5. The highest BCUT2D eigenvalue weighted by atomic mass is 35.5. The van der Waals surface area contributed by atoms with Gasteiger partial charge in [-0.1, -0.05) is 47.6 Å². The van der Waals surface area contributed by atoms with Crippen LogP contribution in [0.1, 0.15) is 11.1 Å². The lowest BCUT2D eigenvalue weighted by Crippen LogP contribution is -2.14. The van der Waals surface area contributed by atoms with Crippen LogP contribution in [0.15, 0.2) is 102 Å². The molecule has 2 aromatic heterocycles. The van der Waals surface area contributed by atoms with Gasteiger partial charge in [-0.05, 0) is 79.2 Å². The number of nitrogens with zero attached hydrogens (tertiary/aromatic N) is 3. The molecule has 6 aromatic rings. The number of hydrogen-bond donors (Lipinski definition) is 1. The van der Waals surface area contributed by atoms with E-state index in [2.05, 4.69) is 16.4 Å². The van der Waals surface area contributed by atoms with Gasteiger partial charge in [0, 0.05) is 33.7 Å². The maximum absolute atomic E-state index is 13.4. The summed E-state index contributed by atoms with van der Waals surface area (Å²) in [6, 6.07) is 25.6. The molecule has 0 radical (unpaired) electrons. The largest absolute Gasteiger partial charge is 0.416 e. The molecule has 0 aliphatic carbocycles. The normalized spacial score (nSPS) is 11.7. The van der Waals surface area contributed by atoms with E-state index >= 15 is 0 Å². The van der Waals surface area contributed by atoms with Gasteiger partial charge in [0.25, 0.3) is 0 Å². The number of benzene rings is 4. The Labute approximate surface area is 258 Å². The van der Waals surface area contributed by atoms with E-state index in [1.165, 1.54) is 11.6 Å². The topological polar surface area (TPSA) is 59.8 Å². The Morgan fingerprint density at radius 2 is 1.70 bits per heavy atom. The monoisotopic (exact) mass is 634 g/mol. The summed E-state index contributed by atoms with van der Waals surface area (Å²) in [4.78, 5) is 22.2. The summed E-state index contributed by atoms with van der Waals surface area (Å²) in [5.41, 5.74) is 4.48. The second-order valence-electron chi connectivity index (χ2n) is 9.74. The summed E-state index contributed by atoms with van der Waals surface area (Å²) < 4.78 is 43.0. The third-order valence-electron chi connectivity index (χ3n) is 6.56. The highest BCUT2D eigenvalue weighted by molar-refractivity contribution is 7.99. The zero-order valence-electron chi connectivity index (χ0n) is 22.5. The van der Waals surface area contributed by atoms with Gasteiger partial charge in [0.15, 0.2) is 5.16 Å². The lowest BCUT2D eigenvalue weighted by atomic mass is 10.2. The Bertz CT molecular complexity index is 1930. The van der Waals surface area contributed by atoms with Crippen molar-refractivity contribution in [3.63, 3.8) is 0 Å². The number of carbonyl (C=O) groups is 1. The number of nitrogens with one attached hydrogen (secondary N) is 1. The SMILES string of the molecule is Cc1ccc2nc(-c3ccc(NC(=O)CSc4nc(-c5ccc(Cl)cc5)cn4-c4cccc(C(F)(F)F)c4)cc3)sc2c1. The van der Waals surface area contributed by atoms with Gasteiger partial charge in [-0.15, -0.1) is 11.3 Å². The number of halogens is 4. The molecule has 43 heavy (non-hydrogen) atoms. The molecule has 1 N–H and O–H groups in total. The van der Waals surface area contributed by atoms with Crippen molar-refractivity contribution in [2.75, 3.05) is 11.1 Å². The molecule has 0 saturated carbocycles. The van der Waals surface area contributed by atoms with Crippen LogP contribution < -0.4 is 5.32 Å². The Morgan fingerprint density at radius 1 is 0.953 bits per heavy atom. The minimum absolute atomic E-state index is 0.00496. The van der Waals surface area contributed by atoms with Crippen molar-refractivity contribution >= 4 is 56.5 Å². The highest BCUT2D eigenvalue weighted by Crippen LogP contribution is 2.34. The standard InChI is InChI=1S/C32H22ClF3N4OS2/c1-19-5-14-26-28(15-19)43-30(38-26)21-8-12-24(13-9-21)37-29(41)18-42-31-39-27(20-6-10-23(33)11-7-20)17-40(31)25-4-2-3-22(16-25)32(34,35)36/h2-17H,18H2,1H3,(H,37,41). The first kappa shape index (κ1) is 29.0. The van der Waals surface area contributed by atoms with Gasteiger partial charge in [-0.25, -0.2) is 9.97 Å². The molecule has 0 unspecified atom stereocenters. The number of aromatic nitrogens is 3. The van der Waals surface area contributed by atoms with Gasteiger partial charge in [-0.2, -0.15) is 13.2 Å². The van der Waals surface area contributed by atoms with Crippen molar-refractivity contribution in [1.82, 2.24) is 14.5 Å². The predicted molar refractivity (Wildman–Crippen MR) is 168 cm³/mol. The molecule has 0 saturated heterocycles. The summed E-state index contributed by atoms with van der Waals surface area (Å²) in [5, 5.41) is 4.70. The van der Waals surface area contributed by atoms with Crippen molar-refractivity contribution in [1.29, 1.82) is 0 Å². The van der Waals surface area contributed by atoms with E-state index in [4.69, 9.17) is 16.6 Å². The number of thiazole rings is 1. The van der Waals surface area contributed by atoms with Crippen LogP contribution in [0, 0.1) is 6.92 Å². The lowest BCUT2D eigenvalue weighted by molar-refractivity contribution is -0.137. The molecule has 11 heteroatoms. The van der Waals surface area contributed by atoms with Crippen LogP contribution in [0.25, 0.3) is 37.7 Å². The Morgan fingerprint density at radius 3 is 2.44 bits per heavy atom. The molecule has 0 bridgehead atoms. The van der Waals surface area contributed by atoms with Gasteiger partial charge in [0.05, 0.1) is 27.2 Å². The number of anilines is 1. The fraction of sp³-hybridized carbons (Fsp3) is 0.0938. The fourth-order valence-corrected chi connectivity index (χ4v) is 6.41. The number of carbonyl (C=O) groups excluding carboxylic acids is 1. The van der Waals surface area contributed by atoms with Crippen LogP contribution >= 0.6 is 34.7 Å². The molecule has 1 amide bonds. The zero-order valence-corrected chi connectivity index (χ0v) is 24.9. The van der Waals surface area contributed by atoms with Crippen molar-refractivity contribution in [2.45, 2.75) is 18.3 Å². The predicted octanol–water partition coefficient (Wildman–Crippen LogP) is 9.53. The molecule has 0 aliphatic rings. The third kappa shape index (κ3) is 6.61. The molecular weight excluding hydrogens is 613 g/mol. The van der Waals surface area contributed by atoms with Crippen LogP contribution in [0.3, 0.4) is 0 Å². The summed E-state index contributed by atoms with van der Waals surface area (Å²) in [6.45, 7) is 2.05. The Balaban J connectivity index is 1.19. The summed E-state index contributed by atoms with van der Waals surface area (Å²) >= 11 is 8.76. The summed E-state index contributed by atoms with van der Waals surface area (Å²) in [7, 11) is 0. The highest BCUT2D eigenvalue weighted by Gasteiger charge is 2.30. The quantitative estimate of drug-likeness (QED) is 0.178. The lowest BCUT2D eigenvalue weighted by Gasteiger charge is -2.11. The van der Waals surface area contributed by atoms with E-state index in [0.717, 1.165) is 50.2 Å². The second kappa shape index (κ2) is 11.9. The number of amides is 1. The third-order valence-corrected chi connectivity index (χ3v) is 8.83. The average molecular weight is 635 g/mol. The second-order valence-corrected chi connectivity index (χ2v) is 12.1. The minimum atomic E-state index is -4.50. The molecule has 0 atom stereocenters. The van der Waals surface area contributed by atoms with Gasteiger partial charge >= 0.3 is 6.18 Å². The number of alkyl halides is 3. The van der Waals surface area contributed by atoms with E-state index < -0.39 is 11.7 Å². The molecule has 216 valence electrons. The summed E-state index contributed by atoms with van der Waals surface area (Å²) in [5.74, 6) is -0.283. The molecule has 0 fully saturated rings. The van der Waals surface area contributed by atoms with Crippen molar-refractivity contribution < 1.29 is 18.0 Å². The number of imidazole rings is 1. The van der Waals surface area contributed by atoms with Gasteiger partial charge in [0.1, 0.15) is 5.01 Å². The van der Waals surface area contributed by atoms with E-state index in [-0.39, 0.29) is 17.3 Å². The number of aryl methyl sites for hydroxylation is 1. The van der Waals surface area contributed by atoms with Crippen molar-refractivity contribution in [2.24, 2.45) is 0 Å². The van der Waals surface area contributed by atoms with Crippen LogP contribution in [0.5, 0.6) is 0 Å². The van der Waals surface area contributed by atoms with E-state index in [0.29, 0.717) is 21.6 Å². The first-order valence-electron chi connectivity index (χ1n) is 13.1. The van der Waals surface area contributed by atoms with Crippen LogP contribution in [0.2, 0.25) is 5.02 Å². The molecule has 5 nitrogen and oxygen atoms in total. The van der Waals surface area contributed by atoms with Crippen molar-refractivity contribution in [3.8, 4) is 27.5 Å². The van der Waals surface area contributed by atoms with E-state index in [9.17, 15) is 18.0 Å². The summed E-state index contributed by atoms with van der Waals surface area (Å²) in [6.07, 6.45) is -2.84.